The third kappa shape index (κ3) is 2.91. The minimum atomic E-state index is 0.238. The Morgan fingerprint density at radius 1 is 1.33 bits per heavy atom. The van der Waals surface area contributed by atoms with E-state index in [9.17, 15) is 4.79 Å². The lowest BCUT2D eigenvalue weighted by molar-refractivity contribution is -0.130. The maximum Gasteiger partial charge on any atom is 0.224 e. The van der Waals surface area contributed by atoms with Crippen LogP contribution in [-0.4, -0.2) is 33.4 Å². The fourth-order valence-electron chi connectivity index (χ4n) is 2.97. The van der Waals surface area contributed by atoms with E-state index in [1.54, 1.807) is 0 Å². The predicted molar refractivity (Wildman–Crippen MR) is 84.5 cm³/mol. The molecule has 1 aromatic heterocycles. The van der Waals surface area contributed by atoms with Crippen LogP contribution in [0.4, 0.5) is 0 Å². The van der Waals surface area contributed by atoms with Gasteiger partial charge in [0.25, 0.3) is 0 Å². The highest BCUT2D eigenvalue weighted by molar-refractivity contribution is 6.16. The highest BCUT2D eigenvalue weighted by Crippen LogP contribution is 2.20. The van der Waals surface area contributed by atoms with E-state index in [2.05, 4.69) is 22.5 Å². The molecule has 1 amide bonds. The number of halogens is 1. The third-order valence-electron chi connectivity index (χ3n) is 4.11. The molecule has 4 nitrogen and oxygen atoms in total. The normalized spacial score (nSPS) is 15.0. The van der Waals surface area contributed by atoms with Gasteiger partial charge in [0.05, 0.1) is 16.9 Å². The maximum atomic E-state index is 12.2. The standard InChI is InChI=1S/C16H20ClN3O/c1-12-4-5-13-14(10-12)20(15(11-17)18-13)9-6-16(21)19-7-2-3-8-19/h4-5,10H,2-3,6-9,11H2,1H3. The van der Waals surface area contributed by atoms with Crippen molar-refractivity contribution in [3.63, 3.8) is 0 Å². The Kier molecular flexibility index (Phi) is 4.15. The Bertz CT molecular complexity index is 659. The molecular formula is C16H20ClN3O. The number of aryl methyl sites for hydroxylation is 2. The van der Waals surface area contributed by atoms with Crippen molar-refractivity contribution < 1.29 is 4.79 Å². The van der Waals surface area contributed by atoms with E-state index in [1.165, 1.54) is 5.56 Å². The maximum absolute atomic E-state index is 12.2. The first-order valence-electron chi connectivity index (χ1n) is 7.48. The van der Waals surface area contributed by atoms with Gasteiger partial charge < -0.3 is 9.47 Å². The smallest absolute Gasteiger partial charge is 0.224 e. The van der Waals surface area contributed by atoms with Crippen molar-refractivity contribution in [1.82, 2.24) is 14.5 Å². The first kappa shape index (κ1) is 14.4. The second-order valence-corrected chi connectivity index (χ2v) is 5.91. The van der Waals surface area contributed by atoms with Crippen LogP contribution in [0.5, 0.6) is 0 Å². The van der Waals surface area contributed by atoms with Crippen molar-refractivity contribution in [2.45, 2.75) is 38.6 Å². The molecule has 0 spiro atoms. The fraction of sp³-hybridized carbons (Fsp3) is 0.500. The minimum Gasteiger partial charge on any atom is -0.343 e. The number of likely N-dealkylation sites (tertiary alicyclic amines) is 1. The molecule has 0 saturated carbocycles. The number of imidazole rings is 1. The van der Waals surface area contributed by atoms with E-state index in [-0.39, 0.29) is 5.91 Å². The van der Waals surface area contributed by atoms with Gasteiger partial charge in [-0.25, -0.2) is 4.98 Å². The van der Waals surface area contributed by atoms with E-state index in [0.29, 0.717) is 18.8 Å². The summed E-state index contributed by atoms with van der Waals surface area (Å²) < 4.78 is 2.09. The zero-order valence-corrected chi connectivity index (χ0v) is 13.1. The van der Waals surface area contributed by atoms with Crippen LogP contribution in [0.2, 0.25) is 0 Å². The van der Waals surface area contributed by atoms with Crippen molar-refractivity contribution >= 4 is 28.5 Å². The quantitative estimate of drug-likeness (QED) is 0.814. The molecule has 112 valence electrons. The number of hydrogen-bond donors (Lipinski definition) is 0. The van der Waals surface area contributed by atoms with E-state index in [4.69, 9.17) is 11.6 Å². The predicted octanol–water partition coefficient (Wildman–Crippen LogP) is 3.10. The van der Waals surface area contributed by atoms with E-state index in [1.807, 2.05) is 17.0 Å². The number of nitrogens with zero attached hydrogens (tertiary/aromatic N) is 3. The van der Waals surface area contributed by atoms with Crippen LogP contribution in [0.1, 0.15) is 30.7 Å². The summed E-state index contributed by atoms with van der Waals surface area (Å²) >= 11 is 6.01. The van der Waals surface area contributed by atoms with E-state index >= 15 is 0 Å². The highest BCUT2D eigenvalue weighted by atomic mass is 35.5. The summed E-state index contributed by atoms with van der Waals surface area (Å²) in [6.45, 7) is 4.53. The van der Waals surface area contributed by atoms with Gasteiger partial charge in [-0.1, -0.05) is 6.07 Å². The number of hydrogen-bond acceptors (Lipinski definition) is 2. The lowest BCUT2D eigenvalue weighted by atomic mass is 10.2. The van der Waals surface area contributed by atoms with Crippen LogP contribution in [0.3, 0.4) is 0 Å². The molecule has 2 aromatic rings. The number of carbonyl (C=O) groups is 1. The van der Waals surface area contributed by atoms with Crippen LogP contribution in [-0.2, 0) is 17.2 Å². The highest BCUT2D eigenvalue weighted by Gasteiger charge is 2.18. The zero-order valence-electron chi connectivity index (χ0n) is 12.3. The van der Waals surface area contributed by atoms with Crippen LogP contribution < -0.4 is 0 Å². The number of rotatable bonds is 4. The summed E-state index contributed by atoms with van der Waals surface area (Å²) in [5.41, 5.74) is 3.21. The second kappa shape index (κ2) is 6.06. The topological polar surface area (TPSA) is 38.1 Å². The largest absolute Gasteiger partial charge is 0.343 e. The summed E-state index contributed by atoms with van der Waals surface area (Å²) in [6, 6.07) is 6.17. The number of alkyl halides is 1. The average Bonchev–Trinajstić information content (AvgIpc) is 3.12. The van der Waals surface area contributed by atoms with Gasteiger partial charge in [-0.3, -0.25) is 4.79 Å². The SMILES string of the molecule is Cc1ccc2nc(CCl)n(CCC(=O)N3CCCC3)c2c1. The second-order valence-electron chi connectivity index (χ2n) is 5.64. The lowest BCUT2D eigenvalue weighted by Gasteiger charge is -2.16. The van der Waals surface area contributed by atoms with Crippen LogP contribution >= 0.6 is 11.6 Å². The third-order valence-corrected chi connectivity index (χ3v) is 4.35. The molecule has 1 aliphatic rings. The first-order valence-corrected chi connectivity index (χ1v) is 8.02. The Morgan fingerprint density at radius 2 is 2.10 bits per heavy atom. The summed E-state index contributed by atoms with van der Waals surface area (Å²) in [4.78, 5) is 18.7. The number of carbonyl (C=O) groups excluding carboxylic acids is 1. The molecule has 2 heterocycles. The minimum absolute atomic E-state index is 0.238. The summed E-state index contributed by atoms with van der Waals surface area (Å²) in [7, 11) is 0. The number of amides is 1. The summed E-state index contributed by atoms with van der Waals surface area (Å²) in [5, 5.41) is 0. The Hall–Kier alpha value is -1.55. The molecule has 21 heavy (non-hydrogen) atoms. The van der Waals surface area contributed by atoms with E-state index < -0.39 is 0 Å². The van der Waals surface area contributed by atoms with Gasteiger partial charge in [0.15, 0.2) is 0 Å². The number of fused-ring (bicyclic) bond motifs is 1. The molecule has 5 heteroatoms. The summed E-state index contributed by atoms with van der Waals surface area (Å²) in [5.74, 6) is 1.44. The molecule has 0 unspecified atom stereocenters. The Morgan fingerprint density at radius 3 is 2.81 bits per heavy atom. The molecule has 3 rings (SSSR count). The molecular weight excluding hydrogens is 286 g/mol. The van der Waals surface area contributed by atoms with Gasteiger partial charge in [-0.2, -0.15) is 0 Å². The van der Waals surface area contributed by atoms with Gasteiger partial charge >= 0.3 is 0 Å². The van der Waals surface area contributed by atoms with Gasteiger partial charge in [0.2, 0.25) is 5.91 Å². The molecule has 0 atom stereocenters. The molecule has 1 fully saturated rings. The first-order chi connectivity index (χ1) is 10.2. The fourth-order valence-corrected chi connectivity index (χ4v) is 3.17. The van der Waals surface area contributed by atoms with Gasteiger partial charge in [0.1, 0.15) is 5.82 Å². The summed E-state index contributed by atoms with van der Waals surface area (Å²) in [6.07, 6.45) is 2.78. The molecule has 0 radical (unpaired) electrons. The molecule has 0 N–H and O–H groups in total. The van der Waals surface area contributed by atoms with Gasteiger partial charge in [0, 0.05) is 26.1 Å². The van der Waals surface area contributed by atoms with Crippen molar-refractivity contribution in [3.05, 3.63) is 29.6 Å². The van der Waals surface area contributed by atoms with Crippen molar-refractivity contribution in [2.75, 3.05) is 13.1 Å². The Labute approximate surface area is 129 Å². The lowest BCUT2D eigenvalue weighted by Crippen LogP contribution is -2.28. The van der Waals surface area contributed by atoms with Crippen molar-refractivity contribution in [1.29, 1.82) is 0 Å². The van der Waals surface area contributed by atoms with E-state index in [0.717, 1.165) is 42.8 Å². The monoisotopic (exact) mass is 305 g/mol. The van der Waals surface area contributed by atoms with Crippen LogP contribution in [0.15, 0.2) is 18.2 Å². The molecule has 1 aliphatic heterocycles. The average molecular weight is 306 g/mol. The molecule has 1 aromatic carbocycles. The van der Waals surface area contributed by atoms with Crippen LogP contribution in [0.25, 0.3) is 11.0 Å². The molecule has 0 aliphatic carbocycles. The molecule has 0 bridgehead atoms. The number of aromatic nitrogens is 2. The van der Waals surface area contributed by atoms with Crippen molar-refractivity contribution in [3.8, 4) is 0 Å². The van der Waals surface area contributed by atoms with Crippen molar-refractivity contribution in [2.24, 2.45) is 0 Å². The van der Waals surface area contributed by atoms with Gasteiger partial charge in [-0.15, -0.1) is 11.6 Å². The van der Waals surface area contributed by atoms with Crippen LogP contribution in [0, 0.1) is 6.92 Å². The molecule has 1 saturated heterocycles. The Balaban J connectivity index is 1.81. The number of benzene rings is 1. The van der Waals surface area contributed by atoms with Gasteiger partial charge in [-0.05, 0) is 37.5 Å². The zero-order chi connectivity index (χ0) is 14.8.